The number of H-pyrrole nitrogens is 2. The van der Waals surface area contributed by atoms with Crippen molar-refractivity contribution in [1.82, 2.24) is 39.8 Å². The van der Waals surface area contributed by atoms with E-state index >= 15 is 0 Å². The van der Waals surface area contributed by atoms with E-state index in [0.29, 0.717) is 63.5 Å². The standard InChI is InChI=1S/C31H27F3N8O2S/c1-45(43,44)37-14-18-8-20(11-22(32)10-18)23-4-6-36-30-24(23)12-27(39-30)29-28-26(40-41-29)3-2-25(38-28)21-9-19(13-35-15-21)16-42-7-5-31(33,34)17-42/h2-4,6,8-13,15,37H,5,7,14,16-17H2,1H3,(H,36,39)(H,40,41). The summed E-state index contributed by atoms with van der Waals surface area (Å²) < 4.78 is 67.5. The van der Waals surface area contributed by atoms with Crippen LogP contribution >= 0.6 is 0 Å². The zero-order chi connectivity index (χ0) is 31.3. The van der Waals surface area contributed by atoms with Gasteiger partial charge in [0, 0.05) is 55.6 Å². The monoisotopic (exact) mass is 632 g/mol. The number of sulfonamides is 1. The zero-order valence-corrected chi connectivity index (χ0v) is 24.8. The molecule has 0 unspecified atom stereocenters. The van der Waals surface area contributed by atoms with Gasteiger partial charge in [-0.2, -0.15) is 5.10 Å². The quantitative estimate of drug-likeness (QED) is 0.209. The van der Waals surface area contributed by atoms with E-state index in [1.165, 1.54) is 12.1 Å². The molecule has 1 aliphatic rings. The average Bonchev–Trinajstić information content (AvgIpc) is 3.71. The maximum atomic E-state index is 14.6. The number of alkyl halides is 2. The molecule has 45 heavy (non-hydrogen) atoms. The minimum Gasteiger partial charge on any atom is -0.338 e. The van der Waals surface area contributed by atoms with Gasteiger partial charge in [0.25, 0.3) is 5.92 Å². The van der Waals surface area contributed by atoms with Crippen molar-refractivity contribution >= 4 is 32.1 Å². The third-order valence-corrected chi connectivity index (χ3v) is 8.42. The molecule has 14 heteroatoms. The van der Waals surface area contributed by atoms with Gasteiger partial charge in [0.1, 0.15) is 22.7 Å². The van der Waals surface area contributed by atoms with Crippen LogP contribution in [-0.4, -0.2) is 68.7 Å². The summed E-state index contributed by atoms with van der Waals surface area (Å²) in [6.45, 7) is 0.403. The molecule has 7 rings (SSSR count). The number of halogens is 3. The molecule has 0 radical (unpaired) electrons. The first kappa shape index (κ1) is 29.1. The fourth-order valence-electron chi connectivity index (χ4n) is 5.69. The second-order valence-electron chi connectivity index (χ2n) is 11.3. The lowest BCUT2D eigenvalue weighted by Crippen LogP contribution is -2.24. The minimum absolute atomic E-state index is 0.0455. The summed E-state index contributed by atoms with van der Waals surface area (Å²) in [4.78, 5) is 18.7. The molecule has 3 N–H and O–H groups in total. The molecule has 1 fully saturated rings. The molecule has 1 aliphatic heterocycles. The highest BCUT2D eigenvalue weighted by Gasteiger charge is 2.37. The van der Waals surface area contributed by atoms with Crippen LogP contribution in [0.3, 0.4) is 0 Å². The van der Waals surface area contributed by atoms with E-state index in [1.807, 2.05) is 24.3 Å². The number of benzene rings is 1. The van der Waals surface area contributed by atoms with Gasteiger partial charge in [-0.25, -0.2) is 36.3 Å². The van der Waals surface area contributed by atoms with Crippen molar-refractivity contribution in [3.63, 3.8) is 0 Å². The predicted molar refractivity (Wildman–Crippen MR) is 164 cm³/mol. The predicted octanol–water partition coefficient (Wildman–Crippen LogP) is 5.26. The Labute approximate surface area is 255 Å². The number of nitrogens with zero attached hydrogens (tertiary/aromatic N) is 5. The molecule has 10 nitrogen and oxygen atoms in total. The van der Waals surface area contributed by atoms with Gasteiger partial charge in [-0.15, -0.1) is 0 Å². The zero-order valence-electron chi connectivity index (χ0n) is 24.0. The van der Waals surface area contributed by atoms with E-state index in [1.54, 1.807) is 35.6 Å². The van der Waals surface area contributed by atoms with Gasteiger partial charge in [0.15, 0.2) is 0 Å². The Morgan fingerprint density at radius 1 is 1.04 bits per heavy atom. The van der Waals surface area contributed by atoms with Crippen LogP contribution in [0.1, 0.15) is 17.5 Å². The Kier molecular flexibility index (Phi) is 7.14. The first-order valence-electron chi connectivity index (χ1n) is 14.1. The van der Waals surface area contributed by atoms with Crippen LogP contribution in [0.4, 0.5) is 13.2 Å². The smallest absolute Gasteiger partial charge is 0.261 e. The molecular weight excluding hydrogens is 605 g/mol. The number of aromatic nitrogens is 6. The molecule has 1 saturated heterocycles. The van der Waals surface area contributed by atoms with Crippen LogP contribution in [0.2, 0.25) is 0 Å². The normalized spacial score (nSPS) is 15.4. The summed E-state index contributed by atoms with van der Waals surface area (Å²) >= 11 is 0. The SMILES string of the molecule is CS(=O)(=O)NCc1cc(F)cc(-c2ccnc3[nH]c(-c4n[nH]c5ccc(-c6cncc(CN7CCC(F)(F)C7)c6)nc45)cc23)c1. The van der Waals surface area contributed by atoms with E-state index in [0.717, 1.165) is 22.8 Å². The highest BCUT2D eigenvalue weighted by atomic mass is 32.2. The Bertz CT molecular complexity index is 2180. The lowest BCUT2D eigenvalue weighted by molar-refractivity contribution is 0.0115. The largest absolute Gasteiger partial charge is 0.338 e. The van der Waals surface area contributed by atoms with E-state index in [9.17, 15) is 21.6 Å². The number of rotatable bonds is 8. The summed E-state index contributed by atoms with van der Waals surface area (Å²) in [5.41, 5.74) is 7.02. The summed E-state index contributed by atoms with van der Waals surface area (Å²) in [6.07, 6.45) is 5.89. The second-order valence-corrected chi connectivity index (χ2v) is 13.1. The molecule has 0 atom stereocenters. The molecule has 230 valence electrons. The van der Waals surface area contributed by atoms with Gasteiger partial charge in [0.2, 0.25) is 10.0 Å². The second kappa shape index (κ2) is 11.1. The fraction of sp³-hybridized carbons (Fsp3) is 0.226. The molecular formula is C31H27F3N8O2S. The molecule has 0 aliphatic carbocycles. The fourth-order valence-corrected chi connectivity index (χ4v) is 6.12. The van der Waals surface area contributed by atoms with E-state index in [4.69, 9.17) is 4.98 Å². The molecule has 1 aromatic carbocycles. The van der Waals surface area contributed by atoms with Crippen molar-refractivity contribution < 1.29 is 21.6 Å². The summed E-state index contributed by atoms with van der Waals surface area (Å²) in [7, 11) is -3.45. The van der Waals surface area contributed by atoms with Crippen LogP contribution in [0, 0.1) is 5.82 Å². The third kappa shape index (κ3) is 6.16. The van der Waals surface area contributed by atoms with E-state index < -0.39 is 21.8 Å². The maximum absolute atomic E-state index is 14.6. The van der Waals surface area contributed by atoms with Gasteiger partial charge in [-0.05, 0) is 70.8 Å². The van der Waals surface area contributed by atoms with Crippen LogP contribution in [0.5, 0.6) is 0 Å². The number of nitrogens with one attached hydrogen (secondary N) is 3. The lowest BCUT2D eigenvalue weighted by atomic mass is 10.0. The Hall–Kier alpha value is -4.66. The molecule has 0 spiro atoms. The van der Waals surface area contributed by atoms with Gasteiger partial charge in [-0.1, -0.05) is 0 Å². The van der Waals surface area contributed by atoms with Gasteiger partial charge in [0.05, 0.1) is 29.7 Å². The van der Waals surface area contributed by atoms with Crippen molar-refractivity contribution in [3.05, 3.63) is 84.1 Å². The van der Waals surface area contributed by atoms with Crippen molar-refractivity contribution in [3.8, 4) is 33.8 Å². The molecule has 6 aromatic rings. The van der Waals surface area contributed by atoms with E-state index in [2.05, 4.69) is 29.9 Å². The van der Waals surface area contributed by atoms with Gasteiger partial charge < -0.3 is 4.98 Å². The minimum atomic E-state index is -3.45. The highest BCUT2D eigenvalue weighted by molar-refractivity contribution is 7.88. The number of hydrogen-bond donors (Lipinski definition) is 3. The molecule has 6 heterocycles. The van der Waals surface area contributed by atoms with Crippen molar-refractivity contribution in [2.24, 2.45) is 0 Å². The van der Waals surface area contributed by atoms with Crippen molar-refractivity contribution in [1.29, 1.82) is 0 Å². The Morgan fingerprint density at radius 3 is 2.69 bits per heavy atom. The number of likely N-dealkylation sites (tertiary alicyclic amines) is 1. The molecule has 0 bridgehead atoms. The lowest BCUT2D eigenvalue weighted by Gasteiger charge is -2.15. The van der Waals surface area contributed by atoms with Gasteiger partial charge in [-0.3, -0.25) is 15.0 Å². The summed E-state index contributed by atoms with van der Waals surface area (Å²) in [5.74, 6) is -3.16. The Morgan fingerprint density at radius 2 is 1.89 bits per heavy atom. The van der Waals surface area contributed by atoms with Crippen LogP contribution in [-0.2, 0) is 23.1 Å². The number of pyridine rings is 3. The van der Waals surface area contributed by atoms with E-state index in [-0.39, 0.29) is 19.5 Å². The number of aromatic amines is 2. The molecule has 5 aromatic heterocycles. The topological polar surface area (TPSA) is 133 Å². The van der Waals surface area contributed by atoms with Crippen LogP contribution in [0.15, 0.2) is 67.1 Å². The van der Waals surface area contributed by atoms with Crippen LogP contribution < -0.4 is 4.72 Å². The third-order valence-electron chi connectivity index (χ3n) is 7.75. The first-order valence-corrected chi connectivity index (χ1v) is 16.0. The molecule has 0 amide bonds. The Balaban J connectivity index is 1.22. The average molecular weight is 633 g/mol. The highest BCUT2D eigenvalue weighted by Crippen LogP contribution is 2.34. The van der Waals surface area contributed by atoms with Gasteiger partial charge >= 0.3 is 0 Å². The van der Waals surface area contributed by atoms with Crippen molar-refractivity contribution in [2.75, 3.05) is 19.3 Å². The summed E-state index contributed by atoms with van der Waals surface area (Å²) in [5, 5.41) is 8.24. The first-order chi connectivity index (χ1) is 21.5. The maximum Gasteiger partial charge on any atom is 0.261 e. The number of hydrogen-bond acceptors (Lipinski definition) is 7. The summed E-state index contributed by atoms with van der Waals surface area (Å²) in [6, 6.07) is 13.7. The van der Waals surface area contributed by atoms with Crippen LogP contribution in [0.25, 0.3) is 55.8 Å². The molecule has 0 saturated carbocycles. The number of fused-ring (bicyclic) bond motifs is 2. The van der Waals surface area contributed by atoms with Crippen molar-refractivity contribution in [2.45, 2.75) is 25.4 Å².